The Kier molecular flexibility index (Phi) is 5.48. The molecule has 7 heteroatoms. The van der Waals surface area contributed by atoms with Crippen molar-refractivity contribution in [2.24, 2.45) is 0 Å². The van der Waals surface area contributed by atoms with E-state index in [1.165, 1.54) is 0 Å². The molecule has 126 valence electrons. The van der Waals surface area contributed by atoms with E-state index in [1.807, 2.05) is 18.2 Å². The molecule has 5 nitrogen and oxygen atoms in total. The van der Waals surface area contributed by atoms with Crippen molar-refractivity contribution in [2.45, 2.75) is 6.54 Å². The molecule has 0 radical (unpaired) electrons. The zero-order valence-electron chi connectivity index (χ0n) is 13.0. The van der Waals surface area contributed by atoms with Crippen LogP contribution < -0.4 is 10.6 Å². The maximum Gasteiger partial charge on any atom is 0.274 e. The number of para-hydroxylation sites is 1. The minimum atomic E-state index is -0.392. The maximum absolute atomic E-state index is 12.4. The summed E-state index contributed by atoms with van der Waals surface area (Å²) in [5.41, 5.74) is 2.27. The fraction of sp³-hybridized carbons (Fsp3) is 0.0556. The molecule has 0 aliphatic carbocycles. The molecule has 0 atom stereocenters. The van der Waals surface area contributed by atoms with Gasteiger partial charge in [0.05, 0.1) is 28.0 Å². The lowest BCUT2D eigenvalue weighted by atomic mass is 10.2. The van der Waals surface area contributed by atoms with E-state index in [0.29, 0.717) is 22.3 Å². The second-order valence-corrected chi connectivity index (χ2v) is 5.97. The number of anilines is 2. The number of rotatable bonds is 5. The Labute approximate surface area is 155 Å². The van der Waals surface area contributed by atoms with E-state index in [2.05, 4.69) is 20.6 Å². The third-order valence-electron chi connectivity index (χ3n) is 3.39. The Morgan fingerprint density at radius 1 is 0.960 bits per heavy atom. The van der Waals surface area contributed by atoms with Gasteiger partial charge in [0.2, 0.25) is 0 Å². The molecule has 0 unspecified atom stereocenters. The predicted octanol–water partition coefficient (Wildman–Crippen LogP) is 4.65. The van der Waals surface area contributed by atoms with Crippen LogP contribution in [0.1, 0.15) is 16.2 Å². The number of halogens is 2. The van der Waals surface area contributed by atoms with Crippen molar-refractivity contribution in [1.82, 2.24) is 9.97 Å². The first-order valence-electron chi connectivity index (χ1n) is 7.48. The van der Waals surface area contributed by atoms with E-state index >= 15 is 0 Å². The number of aromatic nitrogens is 2. The lowest BCUT2D eigenvalue weighted by Crippen LogP contribution is -2.14. The molecule has 2 aromatic heterocycles. The Bertz CT molecular complexity index is 867. The smallest absolute Gasteiger partial charge is 0.274 e. The molecule has 3 rings (SSSR count). The van der Waals surface area contributed by atoms with E-state index in [1.54, 1.807) is 42.7 Å². The molecule has 0 fully saturated rings. The number of carbonyl (C=O) groups is 1. The van der Waals surface area contributed by atoms with E-state index in [-0.39, 0.29) is 5.69 Å². The SMILES string of the molecule is O=C(Nc1c(Cl)cccc1Cl)c1cc(NCc2ccccn2)ccn1. The molecule has 0 saturated heterocycles. The quantitative estimate of drug-likeness (QED) is 0.683. The maximum atomic E-state index is 12.4. The van der Waals surface area contributed by atoms with Crippen LogP contribution >= 0.6 is 23.2 Å². The van der Waals surface area contributed by atoms with Crippen LogP contribution in [0.15, 0.2) is 60.9 Å². The van der Waals surface area contributed by atoms with Gasteiger partial charge in [0.15, 0.2) is 0 Å². The van der Waals surface area contributed by atoms with E-state index < -0.39 is 5.91 Å². The molecule has 0 spiro atoms. The van der Waals surface area contributed by atoms with Crippen molar-refractivity contribution >= 4 is 40.5 Å². The van der Waals surface area contributed by atoms with Crippen LogP contribution in [0.2, 0.25) is 10.0 Å². The van der Waals surface area contributed by atoms with Gasteiger partial charge in [-0.2, -0.15) is 0 Å². The van der Waals surface area contributed by atoms with Crippen molar-refractivity contribution in [2.75, 3.05) is 10.6 Å². The average molecular weight is 373 g/mol. The summed E-state index contributed by atoms with van der Waals surface area (Å²) in [5, 5.41) is 6.63. The van der Waals surface area contributed by atoms with Gasteiger partial charge in [0, 0.05) is 18.1 Å². The van der Waals surface area contributed by atoms with E-state index in [9.17, 15) is 4.79 Å². The van der Waals surface area contributed by atoms with Crippen LogP contribution in [-0.4, -0.2) is 15.9 Å². The topological polar surface area (TPSA) is 66.9 Å². The molecular formula is C18H14Cl2N4O. The number of nitrogens with one attached hydrogen (secondary N) is 2. The minimum Gasteiger partial charge on any atom is -0.379 e. The summed E-state index contributed by atoms with van der Waals surface area (Å²) in [5.74, 6) is -0.392. The largest absolute Gasteiger partial charge is 0.379 e. The standard InChI is InChI=1S/C18H14Cl2N4O/c19-14-5-3-6-15(20)17(14)24-18(25)16-10-12(7-9-22-16)23-11-13-4-1-2-8-21-13/h1-10H,11H2,(H,22,23)(H,24,25). The second-order valence-electron chi connectivity index (χ2n) is 5.16. The van der Waals surface area contributed by atoms with Gasteiger partial charge in [-0.3, -0.25) is 14.8 Å². The Hall–Kier alpha value is -2.63. The monoisotopic (exact) mass is 372 g/mol. The van der Waals surface area contributed by atoms with Gasteiger partial charge in [-0.05, 0) is 36.4 Å². The molecule has 0 saturated carbocycles. The summed E-state index contributed by atoms with van der Waals surface area (Å²) in [4.78, 5) is 20.7. The molecule has 0 aliphatic rings. The predicted molar refractivity (Wildman–Crippen MR) is 100 cm³/mol. The Balaban J connectivity index is 1.71. The van der Waals surface area contributed by atoms with Gasteiger partial charge in [0.25, 0.3) is 5.91 Å². The molecular weight excluding hydrogens is 359 g/mol. The van der Waals surface area contributed by atoms with E-state index in [4.69, 9.17) is 23.2 Å². The highest BCUT2D eigenvalue weighted by atomic mass is 35.5. The van der Waals surface area contributed by atoms with E-state index in [0.717, 1.165) is 11.4 Å². The molecule has 1 aromatic carbocycles. The van der Waals surface area contributed by atoms with Crippen LogP contribution in [0.25, 0.3) is 0 Å². The summed E-state index contributed by atoms with van der Waals surface area (Å²) in [6.45, 7) is 0.544. The summed E-state index contributed by atoms with van der Waals surface area (Å²) in [6, 6.07) is 14.1. The van der Waals surface area contributed by atoms with Crippen molar-refractivity contribution < 1.29 is 4.79 Å². The number of nitrogens with zero attached hydrogens (tertiary/aromatic N) is 2. The molecule has 0 aliphatic heterocycles. The fourth-order valence-electron chi connectivity index (χ4n) is 2.15. The first-order valence-corrected chi connectivity index (χ1v) is 8.24. The number of benzene rings is 1. The summed E-state index contributed by atoms with van der Waals surface area (Å²) in [7, 11) is 0. The molecule has 2 heterocycles. The lowest BCUT2D eigenvalue weighted by molar-refractivity contribution is 0.102. The number of hydrogen-bond acceptors (Lipinski definition) is 4. The van der Waals surface area contributed by atoms with Crippen LogP contribution in [0.5, 0.6) is 0 Å². The van der Waals surface area contributed by atoms with Gasteiger partial charge in [-0.1, -0.05) is 35.3 Å². The van der Waals surface area contributed by atoms with Gasteiger partial charge in [-0.15, -0.1) is 0 Å². The highest BCUT2D eigenvalue weighted by Crippen LogP contribution is 2.30. The van der Waals surface area contributed by atoms with Crippen molar-refractivity contribution in [3.8, 4) is 0 Å². The van der Waals surface area contributed by atoms with Crippen LogP contribution in [-0.2, 0) is 6.54 Å². The molecule has 1 amide bonds. The summed E-state index contributed by atoms with van der Waals surface area (Å²) >= 11 is 12.1. The first kappa shape index (κ1) is 17.2. The van der Waals surface area contributed by atoms with Crippen molar-refractivity contribution in [3.05, 3.63) is 82.4 Å². The molecule has 2 N–H and O–H groups in total. The summed E-state index contributed by atoms with van der Waals surface area (Å²) in [6.07, 6.45) is 3.29. The van der Waals surface area contributed by atoms with Gasteiger partial charge >= 0.3 is 0 Å². The van der Waals surface area contributed by atoms with Gasteiger partial charge in [0.1, 0.15) is 5.69 Å². The van der Waals surface area contributed by atoms with Crippen LogP contribution in [0, 0.1) is 0 Å². The lowest BCUT2D eigenvalue weighted by Gasteiger charge is -2.10. The van der Waals surface area contributed by atoms with Gasteiger partial charge in [-0.25, -0.2) is 0 Å². The third kappa shape index (κ3) is 4.47. The van der Waals surface area contributed by atoms with Crippen LogP contribution in [0.4, 0.5) is 11.4 Å². The number of hydrogen-bond donors (Lipinski definition) is 2. The minimum absolute atomic E-state index is 0.252. The van der Waals surface area contributed by atoms with Crippen molar-refractivity contribution in [1.29, 1.82) is 0 Å². The third-order valence-corrected chi connectivity index (χ3v) is 4.02. The zero-order valence-corrected chi connectivity index (χ0v) is 14.6. The van der Waals surface area contributed by atoms with Gasteiger partial charge < -0.3 is 10.6 Å². The second kappa shape index (κ2) is 7.96. The van der Waals surface area contributed by atoms with Crippen molar-refractivity contribution in [3.63, 3.8) is 0 Å². The first-order chi connectivity index (χ1) is 12.1. The Morgan fingerprint density at radius 2 is 1.76 bits per heavy atom. The highest BCUT2D eigenvalue weighted by Gasteiger charge is 2.13. The van der Waals surface area contributed by atoms with Crippen LogP contribution in [0.3, 0.4) is 0 Å². The molecule has 25 heavy (non-hydrogen) atoms. The zero-order chi connectivity index (χ0) is 17.6. The highest BCUT2D eigenvalue weighted by molar-refractivity contribution is 6.40. The normalized spacial score (nSPS) is 10.3. The summed E-state index contributed by atoms with van der Waals surface area (Å²) < 4.78 is 0. The number of carbonyl (C=O) groups excluding carboxylic acids is 1. The molecule has 0 bridgehead atoms. The Morgan fingerprint density at radius 3 is 2.48 bits per heavy atom. The molecule has 3 aromatic rings. The number of pyridine rings is 2. The number of amides is 1. The fourth-order valence-corrected chi connectivity index (χ4v) is 2.65. The average Bonchev–Trinajstić information content (AvgIpc) is 2.64.